The molecule has 1 heterocycles. The summed E-state index contributed by atoms with van der Waals surface area (Å²) >= 11 is 3.58. The molecule has 3 unspecified atom stereocenters. The lowest BCUT2D eigenvalue weighted by molar-refractivity contribution is 0.227. The summed E-state index contributed by atoms with van der Waals surface area (Å²) < 4.78 is 6.93. The molecule has 1 aromatic rings. The summed E-state index contributed by atoms with van der Waals surface area (Å²) in [6.45, 7) is 3.23. The summed E-state index contributed by atoms with van der Waals surface area (Å²) in [5, 5.41) is 3.93. The summed E-state index contributed by atoms with van der Waals surface area (Å²) in [6.07, 6.45) is 7.94. The molecule has 0 radical (unpaired) electrons. The van der Waals surface area contributed by atoms with E-state index in [0.29, 0.717) is 12.1 Å². The molecule has 1 N–H and O–H groups in total. The molecule has 3 heteroatoms. The second kappa shape index (κ2) is 6.48. The maximum absolute atomic E-state index is 5.79. The van der Waals surface area contributed by atoms with Gasteiger partial charge in [0.2, 0.25) is 0 Å². The van der Waals surface area contributed by atoms with E-state index < -0.39 is 0 Å². The minimum Gasteiger partial charge on any atom is -0.493 e. The van der Waals surface area contributed by atoms with Crippen LogP contribution < -0.4 is 10.1 Å². The molecule has 0 spiro atoms. The zero-order valence-electron chi connectivity index (χ0n) is 12.2. The number of rotatable bonds is 2. The van der Waals surface area contributed by atoms with Crippen LogP contribution in [0, 0.1) is 5.92 Å². The fourth-order valence-electron chi connectivity index (χ4n) is 3.54. The van der Waals surface area contributed by atoms with E-state index >= 15 is 0 Å². The molecule has 0 saturated heterocycles. The minimum atomic E-state index is 0.446. The van der Waals surface area contributed by atoms with E-state index in [1.54, 1.807) is 0 Å². The monoisotopic (exact) mass is 337 g/mol. The van der Waals surface area contributed by atoms with Gasteiger partial charge >= 0.3 is 0 Å². The Hall–Kier alpha value is -0.540. The van der Waals surface area contributed by atoms with Crippen molar-refractivity contribution in [3.63, 3.8) is 0 Å². The molecule has 3 rings (SSSR count). The van der Waals surface area contributed by atoms with Crippen molar-refractivity contribution in [2.45, 2.75) is 57.5 Å². The first-order valence-corrected chi connectivity index (χ1v) is 8.71. The van der Waals surface area contributed by atoms with Gasteiger partial charge in [0.25, 0.3) is 0 Å². The van der Waals surface area contributed by atoms with Gasteiger partial charge in [0.05, 0.1) is 6.61 Å². The maximum atomic E-state index is 5.79. The average molecular weight is 338 g/mol. The third-order valence-electron chi connectivity index (χ3n) is 4.79. The van der Waals surface area contributed by atoms with E-state index in [0.717, 1.165) is 29.2 Å². The molecule has 1 fully saturated rings. The first kappa shape index (κ1) is 14.4. The summed E-state index contributed by atoms with van der Waals surface area (Å²) in [5.74, 6) is 1.84. The van der Waals surface area contributed by atoms with Crippen molar-refractivity contribution >= 4 is 15.9 Å². The van der Waals surface area contributed by atoms with Crippen molar-refractivity contribution in [1.82, 2.24) is 5.32 Å². The van der Waals surface area contributed by atoms with Gasteiger partial charge in [0.15, 0.2) is 0 Å². The first-order valence-electron chi connectivity index (χ1n) is 7.92. The highest BCUT2D eigenvalue weighted by Gasteiger charge is 2.27. The zero-order chi connectivity index (χ0) is 13.9. The summed E-state index contributed by atoms with van der Waals surface area (Å²) in [7, 11) is 0. The summed E-state index contributed by atoms with van der Waals surface area (Å²) in [4.78, 5) is 0. The van der Waals surface area contributed by atoms with Crippen molar-refractivity contribution in [2.24, 2.45) is 5.92 Å². The number of nitrogens with one attached hydrogen (secondary N) is 1. The average Bonchev–Trinajstić information content (AvgIpc) is 2.65. The molecule has 20 heavy (non-hydrogen) atoms. The van der Waals surface area contributed by atoms with Crippen LogP contribution in [-0.2, 0) is 0 Å². The van der Waals surface area contributed by atoms with Gasteiger partial charge in [-0.15, -0.1) is 0 Å². The molecule has 1 saturated carbocycles. The Bertz CT molecular complexity index is 462. The molecule has 1 aliphatic heterocycles. The quantitative estimate of drug-likeness (QED) is 0.780. The van der Waals surface area contributed by atoms with Crippen LogP contribution in [0.3, 0.4) is 0 Å². The van der Waals surface area contributed by atoms with Crippen LogP contribution in [0.25, 0.3) is 0 Å². The van der Waals surface area contributed by atoms with E-state index in [9.17, 15) is 0 Å². The lowest BCUT2D eigenvalue weighted by atomic mass is 9.93. The Labute approximate surface area is 130 Å². The Balaban J connectivity index is 1.76. The number of halogens is 1. The highest BCUT2D eigenvalue weighted by atomic mass is 79.9. The van der Waals surface area contributed by atoms with Crippen molar-refractivity contribution < 1.29 is 4.74 Å². The van der Waals surface area contributed by atoms with Gasteiger partial charge < -0.3 is 10.1 Å². The number of hydrogen-bond acceptors (Lipinski definition) is 2. The SMILES string of the molecule is CC1CCCCCC1NC1CCOc2ccc(Br)cc21. The van der Waals surface area contributed by atoms with Crippen LogP contribution in [-0.4, -0.2) is 12.6 Å². The number of hydrogen-bond donors (Lipinski definition) is 1. The molecule has 1 aliphatic carbocycles. The molecular weight excluding hydrogens is 314 g/mol. The maximum Gasteiger partial charge on any atom is 0.124 e. The Morgan fingerprint density at radius 1 is 1.15 bits per heavy atom. The highest BCUT2D eigenvalue weighted by Crippen LogP contribution is 2.35. The van der Waals surface area contributed by atoms with Crippen molar-refractivity contribution in [3.05, 3.63) is 28.2 Å². The third-order valence-corrected chi connectivity index (χ3v) is 5.28. The van der Waals surface area contributed by atoms with Gasteiger partial charge in [-0.1, -0.05) is 42.1 Å². The van der Waals surface area contributed by atoms with Crippen molar-refractivity contribution in [1.29, 1.82) is 0 Å². The molecule has 0 aromatic heterocycles. The zero-order valence-corrected chi connectivity index (χ0v) is 13.8. The lowest BCUT2D eigenvalue weighted by Gasteiger charge is -2.32. The predicted molar refractivity (Wildman–Crippen MR) is 86.2 cm³/mol. The van der Waals surface area contributed by atoms with Crippen molar-refractivity contribution in [2.75, 3.05) is 6.61 Å². The number of benzene rings is 1. The van der Waals surface area contributed by atoms with Gasteiger partial charge in [-0.3, -0.25) is 0 Å². The highest BCUT2D eigenvalue weighted by molar-refractivity contribution is 9.10. The van der Waals surface area contributed by atoms with E-state index in [-0.39, 0.29) is 0 Å². The second-order valence-corrected chi connectivity index (χ2v) is 7.18. The smallest absolute Gasteiger partial charge is 0.124 e. The van der Waals surface area contributed by atoms with Crippen LogP contribution in [0.1, 0.15) is 57.1 Å². The Morgan fingerprint density at radius 3 is 2.90 bits per heavy atom. The Morgan fingerprint density at radius 2 is 2.00 bits per heavy atom. The number of ether oxygens (including phenoxy) is 1. The van der Waals surface area contributed by atoms with E-state index in [4.69, 9.17) is 4.74 Å². The Kier molecular flexibility index (Phi) is 4.67. The third kappa shape index (κ3) is 3.20. The van der Waals surface area contributed by atoms with Crippen LogP contribution in [0.4, 0.5) is 0 Å². The van der Waals surface area contributed by atoms with Gasteiger partial charge in [0, 0.05) is 28.5 Å². The van der Waals surface area contributed by atoms with Gasteiger partial charge in [-0.25, -0.2) is 0 Å². The molecule has 0 bridgehead atoms. The van der Waals surface area contributed by atoms with Crippen LogP contribution >= 0.6 is 15.9 Å². The topological polar surface area (TPSA) is 21.3 Å². The molecule has 110 valence electrons. The standard InChI is InChI=1S/C17H24BrNO/c1-12-5-3-2-4-6-15(12)19-16-9-10-20-17-8-7-13(18)11-14(16)17/h7-8,11-12,15-16,19H,2-6,9-10H2,1H3. The molecule has 1 aromatic carbocycles. The van der Waals surface area contributed by atoms with Crippen LogP contribution in [0.15, 0.2) is 22.7 Å². The summed E-state index contributed by atoms with van der Waals surface area (Å²) in [6, 6.07) is 7.47. The molecule has 3 atom stereocenters. The fraction of sp³-hybridized carbons (Fsp3) is 0.647. The van der Waals surface area contributed by atoms with Gasteiger partial charge in [-0.05, 0) is 37.0 Å². The molecule has 2 nitrogen and oxygen atoms in total. The summed E-state index contributed by atoms with van der Waals surface area (Å²) in [5.41, 5.74) is 1.32. The second-order valence-electron chi connectivity index (χ2n) is 6.26. The molecule has 2 aliphatic rings. The number of fused-ring (bicyclic) bond motifs is 1. The minimum absolute atomic E-state index is 0.446. The lowest BCUT2D eigenvalue weighted by Crippen LogP contribution is -2.39. The first-order chi connectivity index (χ1) is 9.74. The molecular formula is C17H24BrNO. The van der Waals surface area contributed by atoms with E-state index in [1.807, 2.05) is 0 Å². The van der Waals surface area contributed by atoms with Crippen LogP contribution in [0.2, 0.25) is 0 Å². The van der Waals surface area contributed by atoms with Crippen molar-refractivity contribution in [3.8, 4) is 5.75 Å². The predicted octanol–water partition coefficient (Wildman–Crippen LogP) is 4.83. The molecule has 0 amide bonds. The van der Waals surface area contributed by atoms with E-state index in [2.05, 4.69) is 46.4 Å². The van der Waals surface area contributed by atoms with Crippen LogP contribution in [0.5, 0.6) is 5.75 Å². The van der Waals surface area contributed by atoms with E-state index in [1.165, 1.54) is 37.7 Å². The fourth-order valence-corrected chi connectivity index (χ4v) is 3.92. The largest absolute Gasteiger partial charge is 0.493 e. The van der Waals surface area contributed by atoms with Gasteiger partial charge in [-0.2, -0.15) is 0 Å². The van der Waals surface area contributed by atoms with Gasteiger partial charge in [0.1, 0.15) is 5.75 Å². The normalized spacial score (nSPS) is 30.2.